The van der Waals surface area contributed by atoms with Crippen molar-refractivity contribution in [2.45, 2.75) is 0 Å². The van der Waals surface area contributed by atoms with Crippen LogP contribution < -0.4 is 0 Å². The molecule has 0 unspecified atom stereocenters. The number of nitriles is 2. The molecule has 0 aliphatic heterocycles. The predicted octanol–water partition coefficient (Wildman–Crippen LogP) is 12.4. The predicted molar refractivity (Wildman–Crippen MR) is 208 cm³/mol. The minimum Gasteiger partial charge on any atom is -0.309 e. The van der Waals surface area contributed by atoms with E-state index in [9.17, 15) is 10.5 Å². The molecule has 0 aliphatic rings. The molecule has 0 bridgehead atoms. The Balaban J connectivity index is 1.38. The molecule has 9 aromatic rings. The summed E-state index contributed by atoms with van der Waals surface area (Å²) in [6.07, 6.45) is 0. The van der Waals surface area contributed by atoms with Crippen LogP contribution in [-0.2, 0) is 0 Å². The molecule has 0 aliphatic carbocycles. The van der Waals surface area contributed by atoms with Crippen molar-refractivity contribution >= 4 is 49.0 Å². The summed E-state index contributed by atoms with van der Waals surface area (Å²) in [5.74, 6) is 0. The molecule has 0 radical (unpaired) electrons. The lowest BCUT2D eigenvalue weighted by atomic mass is 9.82. The number of rotatable bonds is 4. The number of benzene rings is 8. The van der Waals surface area contributed by atoms with Crippen molar-refractivity contribution in [2.75, 3.05) is 0 Å². The zero-order valence-corrected chi connectivity index (χ0v) is 27.3. The zero-order valence-electron chi connectivity index (χ0n) is 27.3. The zero-order chi connectivity index (χ0) is 34.5. The van der Waals surface area contributed by atoms with Crippen LogP contribution in [0.25, 0.3) is 87.3 Å². The molecule has 1 aromatic heterocycles. The van der Waals surface area contributed by atoms with Crippen molar-refractivity contribution in [1.29, 1.82) is 10.5 Å². The molecule has 0 fully saturated rings. The first-order valence-corrected chi connectivity index (χ1v) is 16.7. The summed E-state index contributed by atoms with van der Waals surface area (Å²) in [6, 6.07) is 57.7. The van der Waals surface area contributed by atoms with Gasteiger partial charge in [-0.1, -0.05) is 121 Å². The third kappa shape index (κ3) is 4.58. The number of hydrogen-bond acceptors (Lipinski definition) is 2. The number of fused-ring (bicyclic) bond motifs is 5. The van der Waals surface area contributed by atoms with Crippen LogP contribution in [0.1, 0.15) is 11.1 Å². The highest BCUT2D eigenvalue weighted by molar-refractivity contribution is 6.24. The molecule has 8 aromatic carbocycles. The Morgan fingerprint density at radius 2 is 1.06 bits per heavy atom. The Morgan fingerprint density at radius 1 is 0.451 bits per heavy atom. The third-order valence-electron chi connectivity index (χ3n) is 9.86. The summed E-state index contributed by atoms with van der Waals surface area (Å²) >= 11 is 0. The summed E-state index contributed by atoms with van der Waals surface area (Å²) in [5.41, 5.74) is 10.0. The van der Waals surface area contributed by atoms with Crippen LogP contribution in [0.15, 0.2) is 158 Å². The third-order valence-corrected chi connectivity index (χ3v) is 9.86. The quantitative estimate of drug-likeness (QED) is 0.141. The van der Waals surface area contributed by atoms with Crippen molar-refractivity contribution in [1.82, 2.24) is 4.57 Å². The summed E-state index contributed by atoms with van der Waals surface area (Å²) in [5, 5.41) is 26.6. The molecular weight excluding hydrogens is 621 g/mol. The molecule has 4 heteroatoms. The van der Waals surface area contributed by atoms with E-state index in [2.05, 4.69) is 106 Å². The maximum atomic E-state index is 10.7. The molecule has 0 N–H and O–H groups in total. The first-order valence-electron chi connectivity index (χ1n) is 16.7. The lowest BCUT2D eigenvalue weighted by Crippen LogP contribution is -1.97. The van der Waals surface area contributed by atoms with Crippen LogP contribution >= 0.6 is 0 Å². The maximum Gasteiger partial charge on any atom is 0.195 e. The Hall–Kier alpha value is -7.45. The van der Waals surface area contributed by atoms with Gasteiger partial charge in [0.25, 0.3) is 0 Å². The van der Waals surface area contributed by atoms with E-state index in [0.717, 1.165) is 82.4 Å². The Bertz CT molecular complexity index is 2940. The van der Waals surface area contributed by atoms with Gasteiger partial charge in [0.15, 0.2) is 5.69 Å². The van der Waals surface area contributed by atoms with E-state index in [1.807, 2.05) is 60.7 Å². The molecule has 1 heterocycles. The first kappa shape index (κ1) is 29.7. The number of aromatic nitrogens is 1. The van der Waals surface area contributed by atoms with Crippen molar-refractivity contribution in [3.05, 3.63) is 180 Å². The molecule has 234 valence electrons. The van der Waals surface area contributed by atoms with Crippen molar-refractivity contribution in [2.24, 2.45) is 0 Å². The van der Waals surface area contributed by atoms with Crippen molar-refractivity contribution < 1.29 is 0 Å². The van der Waals surface area contributed by atoms with Crippen LogP contribution in [-0.4, -0.2) is 4.57 Å². The Morgan fingerprint density at radius 3 is 1.73 bits per heavy atom. The van der Waals surface area contributed by atoms with Gasteiger partial charge in [-0.3, -0.25) is 0 Å². The van der Waals surface area contributed by atoms with Crippen LogP contribution in [0.3, 0.4) is 0 Å². The van der Waals surface area contributed by atoms with Gasteiger partial charge in [0, 0.05) is 16.5 Å². The van der Waals surface area contributed by atoms with E-state index in [-0.39, 0.29) is 0 Å². The standard InChI is InChI=1S/C47H26N4/c1-50-41-24-23-33(29-49)44(32-14-11-15-34(27-32)51-42-21-10-9-16-35(42)40-26-30(28-48)22-25-43(40)51)47(41)46-38-19-7-5-17-36(38)45(31-12-3-2-4-13-31)37-18-6-8-20-39(37)46/h2-27H. The van der Waals surface area contributed by atoms with Gasteiger partial charge in [-0.2, -0.15) is 10.5 Å². The number of hydrogen-bond donors (Lipinski definition) is 0. The molecule has 0 saturated heterocycles. The fourth-order valence-corrected chi connectivity index (χ4v) is 7.77. The van der Waals surface area contributed by atoms with E-state index in [4.69, 9.17) is 6.57 Å². The summed E-state index contributed by atoms with van der Waals surface area (Å²) in [4.78, 5) is 4.08. The second-order valence-corrected chi connectivity index (χ2v) is 12.6. The van der Waals surface area contributed by atoms with Gasteiger partial charge >= 0.3 is 0 Å². The second-order valence-electron chi connectivity index (χ2n) is 12.6. The molecule has 0 atom stereocenters. The average Bonchev–Trinajstić information content (AvgIpc) is 3.53. The van der Waals surface area contributed by atoms with Gasteiger partial charge in [-0.05, 0) is 91.3 Å². The SMILES string of the molecule is [C-]#[N+]c1ccc(C#N)c(-c2cccc(-n3c4ccccc4c4cc(C#N)ccc43)c2)c1-c1c2ccccc2c(-c2ccccc2)c2ccccc12. The highest BCUT2D eigenvalue weighted by Crippen LogP contribution is 2.50. The Kier molecular flexibility index (Phi) is 6.93. The summed E-state index contributed by atoms with van der Waals surface area (Å²) in [7, 11) is 0. The molecular formula is C47H26N4. The lowest BCUT2D eigenvalue weighted by Gasteiger charge is -2.21. The molecule has 0 spiro atoms. The average molecular weight is 647 g/mol. The van der Waals surface area contributed by atoms with Gasteiger partial charge in [-0.15, -0.1) is 0 Å². The minimum atomic E-state index is 0.484. The Labute approximate surface area is 294 Å². The summed E-state index contributed by atoms with van der Waals surface area (Å²) < 4.78 is 2.21. The van der Waals surface area contributed by atoms with E-state index < -0.39 is 0 Å². The second kappa shape index (κ2) is 11.9. The van der Waals surface area contributed by atoms with E-state index >= 15 is 0 Å². The van der Waals surface area contributed by atoms with Crippen LogP contribution in [0.4, 0.5) is 5.69 Å². The highest BCUT2D eigenvalue weighted by atomic mass is 15.0. The van der Waals surface area contributed by atoms with Crippen LogP contribution in [0, 0.1) is 29.2 Å². The molecule has 9 rings (SSSR count). The fraction of sp³-hybridized carbons (Fsp3) is 0. The number of nitrogens with zero attached hydrogens (tertiary/aromatic N) is 4. The maximum absolute atomic E-state index is 10.7. The lowest BCUT2D eigenvalue weighted by molar-refractivity contribution is 1.18. The molecule has 0 amide bonds. The fourth-order valence-electron chi connectivity index (χ4n) is 7.77. The molecule has 51 heavy (non-hydrogen) atoms. The normalized spacial score (nSPS) is 11.1. The first-order chi connectivity index (χ1) is 25.2. The van der Waals surface area contributed by atoms with Gasteiger partial charge in [0.05, 0.1) is 40.9 Å². The van der Waals surface area contributed by atoms with Crippen molar-refractivity contribution in [3.8, 4) is 51.2 Å². The van der Waals surface area contributed by atoms with Crippen LogP contribution in [0.2, 0.25) is 0 Å². The largest absolute Gasteiger partial charge is 0.309 e. The monoisotopic (exact) mass is 646 g/mol. The number of para-hydroxylation sites is 1. The van der Waals surface area contributed by atoms with Gasteiger partial charge < -0.3 is 4.57 Å². The molecule has 4 nitrogen and oxygen atoms in total. The smallest absolute Gasteiger partial charge is 0.195 e. The van der Waals surface area contributed by atoms with Crippen molar-refractivity contribution in [3.63, 3.8) is 0 Å². The van der Waals surface area contributed by atoms with E-state index in [1.54, 1.807) is 12.1 Å². The minimum absolute atomic E-state index is 0.484. The highest BCUT2D eigenvalue weighted by Gasteiger charge is 2.24. The molecule has 0 saturated carbocycles. The van der Waals surface area contributed by atoms with E-state index in [1.165, 1.54) is 0 Å². The topological polar surface area (TPSA) is 56.9 Å². The summed E-state index contributed by atoms with van der Waals surface area (Å²) in [6.45, 7) is 8.40. The van der Waals surface area contributed by atoms with E-state index in [0.29, 0.717) is 16.8 Å². The van der Waals surface area contributed by atoms with Gasteiger partial charge in [0.2, 0.25) is 0 Å². The van der Waals surface area contributed by atoms with Crippen LogP contribution in [0.5, 0.6) is 0 Å². The van der Waals surface area contributed by atoms with Gasteiger partial charge in [-0.25, -0.2) is 4.85 Å². The van der Waals surface area contributed by atoms with Gasteiger partial charge in [0.1, 0.15) is 0 Å².